The summed E-state index contributed by atoms with van der Waals surface area (Å²) in [5, 5.41) is 12.5. The molecule has 3 atom stereocenters. The highest BCUT2D eigenvalue weighted by molar-refractivity contribution is 6.05. The average molecular weight is 752 g/mol. The molecule has 0 spiro atoms. The number of rotatable bonds is 7. The molecule has 55 heavy (non-hydrogen) atoms. The van der Waals surface area contributed by atoms with E-state index in [4.69, 9.17) is 9.47 Å². The number of phenolic OH excluding ortho intramolecular Hbond substituents is 1. The first-order chi connectivity index (χ1) is 26.8. The molecule has 12 heteroatoms. The molecule has 11 nitrogen and oxygen atoms in total. The van der Waals surface area contributed by atoms with Gasteiger partial charge in [0.05, 0.1) is 12.3 Å². The van der Waals surface area contributed by atoms with Crippen molar-refractivity contribution in [2.24, 2.45) is 17.8 Å². The maximum Gasteiger partial charge on any atom is 0.255 e. The maximum atomic E-state index is 16.1. The number of amides is 3. The van der Waals surface area contributed by atoms with Gasteiger partial charge >= 0.3 is 0 Å². The molecule has 3 amide bonds. The standard InChI is InChI=1S/C43H50FN5O6/c44-36-22-29(41-34-5-3-32(50)23-39(34)55-26-35(41)28-11-19-54-20-12-28)1-6-37(36)48-13-9-27(10-14-48)24-46-15-17-47(18-16-46)31-2-4-33-30(21-31)25-49(43(33)53)38-7-8-40(51)45-42(38)52/h1-6,21-23,27-28,35,38,41,50H,7-20,24-26H2,(H,45,51,52)/t35-,38?,41-/m1/s1. The summed E-state index contributed by atoms with van der Waals surface area (Å²) in [6, 6.07) is 16.5. The molecule has 0 aromatic heterocycles. The number of phenols is 1. The average Bonchev–Trinajstić information content (AvgIpc) is 3.53. The smallest absolute Gasteiger partial charge is 0.255 e. The lowest BCUT2D eigenvalue weighted by Gasteiger charge is -2.41. The topological polar surface area (TPSA) is 115 Å². The minimum Gasteiger partial charge on any atom is -0.508 e. The molecule has 3 aromatic rings. The van der Waals surface area contributed by atoms with Crippen molar-refractivity contribution in [3.05, 3.63) is 82.7 Å². The van der Waals surface area contributed by atoms with Gasteiger partial charge in [-0.1, -0.05) is 12.1 Å². The fourth-order valence-electron chi connectivity index (χ4n) is 10.0. The maximum absolute atomic E-state index is 16.1. The van der Waals surface area contributed by atoms with Crippen LogP contribution in [0.2, 0.25) is 0 Å². The van der Waals surface area contributed by atoms with Crippen LogP contribution in [0.25, 0.3) is 0 Å². The summed E-state index contributed by atoms with van der Waals surface area (Å²) in [6.07, 6.45) is 4.59. The van der Waals surface area contributed by atoms with Gasteiger partial charge in [-0.3, -0.25) is 24.6 Å². The molecule has 0 radical (unpaired) electrons. The number of ether oxygens (including phenoxy) is 2. The highest BCUT2D eigenvalue weighted by Gasteiger charge is 2.40. The number of imide groups is 1. The van der Waals surface area contributed by atoms with E-state index in [1.807, 2.05) is 24.3 Å². The lowest BCUT2D eigenvalue weighted by molar-refractivity contribution is -0.136. The van der Waals surface area contributed by atoms with Crippen LogP contribution in [0.4, 0.5) is 15.8 Å². The summed E-state index contributed by atoms with van der Waals surface area (Å²) in [4.78, 5) is 46.0. The van der Waals surface area contributed by atoms with E-state index in [9.17, 15) is 19.5 Å². The normalized spacial score (nSPS) is 25.4. The van der Waals surface area contributed by atoms with Crippen LogP contribution in [0.1, 0.15) is 71.5 Å². The molecule has 6 aliphatic rings. The quantitative estimate of drug-likeness (QED) is 0.326. The molecule has 9 rings (SSSR count). The molecule has 0 aliphatic carbocycles. The third-order valence-corrected chi connectivity index (χ3v) is 13.1. The number of hydrogen-bond donors (Lipinski definition) is 2. The molecule has 4 saturated heterocycles. The van der Waals surface area contributed by atoms with Crippen LogP contribution in [0.15, 0.2) is 54.6 Å². The highest BCUT2D eigenvalue weighted by Crippen LogP contribution is 2.48. The van der Waals surface area contributed by atoms with Crippen molar-refractivity contribution >= 4 is 29.1 Å². The number of anilines is 2. The second-order valence-electron chi connectivity index (χ2n) is 16.3. The molecule has 1 unspecified atom stereocenters. The predicted octanol–water partition coefficient (Wildman–Crippen LogP) is 4.90. The molecule has 290 valence electrons. The molecule has 0 bridgehead atoms. The third kappa shape index (κ3) is 7.15. The Morgan fingerprint density at radius 2 is 1.64 bits per heavy atom. The first kappa shape index (κ1) is 36.0. The number of aromatic hydroxyl groups is 1. The lowest BCUT2D eigenvalue weighted by Crippen LogP contribution is -2.52. The summed E-state index contributed by atoms with van der Waals surface area (Å²) >= 11 is 0. The first-order valence-electron chi connectivity index (χ1n) is 20.1. The molecular formula is C43H50FN5O6. The molecule has 3 aromatic carbocycles. The van der Waals surface area contributed by atoms with Crippen LogP contribution in [-0.4, -0.2) is 104 Å². The number of piperazine rings is 1. The van der Waals surface area contributed by atoms with E-state index in [0.717, 1.165) is 107 Å². The largest absolute Gasteiger partial charge is 0.508 e. The predicted molar refractivity (Wildman–Crippen MR) is 205 cm³/mol. The van der Waals surface area contributed by atoms with Crippen molar-refractivity contribution in [2.45, 2.75) is 57.0 Å². The number of piperidine rings is 2. The summed E-state index contributed by atoms with van der Waals surface area (Å²) < 4.78 is 27.9. The van der Waals surface area contributed by atoms with Crippen LogP contribution in [-0.2, 0) is 20.9 Å². The molecular weight excluding hydrogens is 702 g/mol. The van der Waals surface area contributed by atoms with Gasteiger partial charge in [0.25, 0.3) is 5.91 Å². The Bertz CT molecular complexity index is 1950. The van der Waals surface area contributed by atoms with Gasteiger partial charge in [-0.05, 0) is 91.5 Å². The number of hydrogen-bond acceptors (Lipinski definition) is 9. The molecule has 0 saturated carbocycles. The van der Waals surface area contributed by atoms with Gasteiger partial charge < -0.3 is 29.3 Å². The zero-order valence-electron chi connectivity index (χ0n) is 31.3. The number of nitrogens with one attached hydrogen (secondary N) is 1. The van der Waals surface area contributed by atoms with Gasteiger partial charge in [0.15, 0.2) is 0 Å². The van der Waals surface area contributed by atoms with Crippen LogP contribution >= 0.6 is 0 Å². The minimum absolute atomic E-state index is 0.00977. The summed E-state index contributed by atoms with van der Waals surface area (Å²) in [6.45, 7) is 8.81. The monoisotopic (exact) mass is 751 g/mol. The van der Waals surface area contributed by atoms with Crippen molar-refractivity contribution in [1.82, 2.24) is 15.1 Å². The van der Waals surface area contributed by atoms with E-state index in [-0.39, 0.29) is 47.5 Å². The number of carbonyl (C=O) groups is 3. The minimum atomic E-state index is -0.607. The van der Waals surface area contributed by atoms with Gasteiger partial charge in [0.1, 0.15) is 23.4 Å². The van der Waals surface area contributed by atoms with Crippen LogP contribution in [0.5, 0.6) is 11.5 Å². The molecule has 6 heterocycles. The Labute approximate surface area is 321 Å². The summed E-state index contributed by atoms with van der Waals surface area (Å²) in [7, 11) is 0. The SMILES string of the molecule is O=C1CCC(N2Cc3cc(N4CCN(CC5CCN(c6ccc([C@@H]7c8ccc(O)cc8OC[C@@H]7C7CCOCC7)cc6F)CC5)CC4)ccc3C2=O)C(=O)N1. The Morgan fingerprint density at radius 3 is 2.40 bits per heavy atom. The van der Waals surface area contributed by atoms with E-state index in [1.165, 1.54) is 0 Å². The van der Waals surface area contributed by atoms with Gasteiger partial charge in [-0.25, -0.2) is 4.39 Å². The molecule has 4 fully saturated rings. The number of benzene rings is 3. The van der Waals surface area contributed by atoms with Gasteiger partial charge in [0, 0.05) is 107 Å². The van der Waals surface area contributed by atoms with E-state index < -0.39 is 6.04 Å². The van der Waals surface area contributed by atoms with E-state index in [2.05, 4.69) is 32.1 Å². The van der Waals surface area contributed by atoms with Crippen molar-refractivity contribution < 1.29 is 33.4 Å². The van der Waals surface area contributed by atoms with Crippen LogP contribution in [0, 0.1) is 23.6 Å². The fourth-order valence-corrected chi connectivity index (χ4v) is 10.0. The first-order valence-corrected chi connectivity index (χ1v) is 20.1. The van der Waals surface area contributed by atoms with E-state index in [1.54, 1.807) is 23.1 Å². The summed E-state index contributed by atoms with van der Waals surface area (Å²) in [5.74, 6) is 1.05. The van der Waals surface area contributed by atoms with Crippen LogP contribution in [0.3, 0.4) is 0 Å². The van der Waals surface area contributed by atoms with Crippen molar-refractivity contribution in [1.29, 1.82) is 0 Å². The Balaban J connectivity index is 0.787. The Hall–Kier alpha value is -4.68. The van der Waals surface area contributed by atoms with Gasteiger partial charge in [-0.2, -0.15) is 0 Å². The van der Waals surface area contributed by atoms with Crippen LogP contribution < -0.4 is 19.9 Å². The van der Waals surface area contributed by atoms with E-state index in [0.29, 0.717) is 48.4 Å². The second-order valence-corrected chi connectivity index (χ2v) is 16.3. The molecule has 6 aliphatic heterocycles. The Kier molecular flexibility index (Phi) is 9.88. The summed E-state index contributed by atoms with van der Waals surface area (Å²) in [5.41, 5.74) is 5.31. The zero-order chi connectivity index (χ0) is 37.6. The Morgan fingerprint density at radius 1 is 0.836 bits per heavy atom. The number of halogens is 1. The van der Waals surface area contributed by atoms with Crippen molar-refractivity contribution in [2.75, 3.05) is 75.4 Å². The zero-order valence-corrected chi connectivity index (χ0v) is 31.3. The van der Waals surface area contributed by atoms with Crippen molar-refractivity contribution in [3.8, 4) is 11.5 Å². The lowest BCUT2D eigenvalue weighted by atomic mass is 9.71. The highest BCUT2D eigenvalue weighted by atomic mass is 19.1. The van der Waals surface area contributed by atoms with Gasteiger partial charge in [0.2, 0.25) is 11.8 Å². The number of fused-ring (bicyclic) bond motifs is 2. The van der Waals surface area contributed by atoms with Crippen molar-refractivity contribution in [3.63, 3.8) is 0 Å². The number of carbonyl (C=O) groups excluding carboxylic acids is 3. The van der Waals surface area contributed by atoms with Gasteiger partial charge in [-0.15, -0.1) is 0 Å². The fraction of sp³-hybridized carbons (Fsp3) is 0.512. The number of nitrogens with zero attached hydrogens (tertiary/aromatic N) is 4. The third-order valence-electron chi connectivity index (χ3n) is 13.1. The van der Waals surface area contributed by atoms with E-state index >= 15 is 4.39 Å². The molecule has 2 N–H and O–H groups in total. The second kappa shape index (κ2) is 15.1.